The molecule has 2 aromatic rings. The van der Waals surface area contributed by atoms with Crippen LogP contribution in [-0.2, 0) is 9.59 Å². The highest BCUT2D eigenvalue weighted by molar-refractivity contribution is 6.31. The summed E-state index contributed by atoms with van der Waals surface area (Å²) < 4.78 is 0. The molecule has 25 heavy (non-hydrogen) atoms. The number of carbonyl (C=O) groups excluding carboxylic acids is 2. The van der Waals surface area contributed by atoms with Gasteiger partial charge in [-0.25, -0.2) is 9.97 Å². The number of hydrogen-bond donors (Lipinski definition) is 2. The standard InChI is InChI=1S/C17H18ClN5O2/c1-10-6-11(2)20-17(19-10)22-21-16(25)12-7-15(24)23(9-12)14-5-3-4-13(18)8-14/h3-6,8,12H,7,9H2,1-2H3,(H,21,25)(H,19,20,22)/t12-/m0/s1. The Morgan fingerprint density at radius 2 is 1.96 bits per heavy atom. The van der Waals surface area contributed by atoms with Crippen molar-refractivity contribution in [2.45, 2.75) is 20.3 Å². The van der Waals surface area contributed by atoms with Gasteiger partial charge in [0.15, 0.2) is 0 Å². The molecule has 0 unspecified atom stereocenters. The van der Waals surface area contributed by atoms with E-state index in [0.717, 1.165) is 11.4 Å². The van der Waals surface area contributed by atoms with Crippen molar-refractivity contribution in [2.24, 2.45) is 5.92 Å². The van der Waals surface area contributed by atoms with E-state index in [0.29, 0.717) is 23.2 Å². The van der Waals surface area contributed by atoms with Crippen LogP contribution in [0.5, 0.6) is 0 Å². The second kappa shape index (κ2) is 7.06. The fraction of sp³-hybridized carbons (Fsp3) is 0.294. The molecule has 1 saturated heterocycles. The maximum atomic E-state index is 12.3. The van der Waals surface area contributed by atoms with E-state index in [1.165, 1.54) is 0 Å². The average Bonchev–Trinajstić information content (AvgIpc) is 2.94. The van der Waals surface area contributed by atoms with Gasteiger partial charge in [-0.15, -0.1) is 0 Å². The number of carbonyl (C=O) groups is 2. The maximum absolute atomic E-state index is 12.3. The summed E-state index contributed by atoms with van der Waals surface area (Å²) in [6.07, 6.45) is 0.147. The Bertz CT molecular complexity index is 806. The first-order chi connectivity index (χ1) is 11.9. The molecule has 0 saturated carbocycles. The van der Waals surface area contributed by atoms with Gasteiger partial charge in [0, 0.05) is 35.1 Å². The van der Waals surface area contributed by atoms with Crippen LogP contribution < -0.4 is 15.8 Å². The van der Waals surface area contributed by atoms with Crippen LogP contribution in [0.25, 0.3) is 0 Å². The summed E-state index contributed by atoms with van der Waals surface area (Å²) in [5.41, 5.74) is 7.58. The largest absolute Gasteiger partial charge is 0.312 e. The lowest BCUT2D eigenvalue weighted by atomic mass is 10.1. The lowest BCUT2D eigenvalue weighted by molar-refractivity contribution is -0.125. The van der Waals surface area contributed by atoms with Crippen molar-refractivity contribution < 1.29 is 9.59 Å². The summed E-state index contributed by atoms with van der Waals surface area (Å²) in [5, 5.41) is 0.548. The summed E-state index contributed by atoms with van der Waals surface area (Å²) in [7, 11) is 0. The molecule has 2 N–H and O–H groups in total. The molecule has 7 nitrogen and oxygen atoms in total. The lowest BCUT2D eigenvalue weighted by Crippen LogP contribution is -2.37. The van der Waals surface area contributed by atoms with Gasteiger partial charge >= 0.3 is 0 Å². The van der Waals surface area contributed by atoms with Crippen molar-refractivity contribution in [3.8, 4) is 0 Å². The SMILES string of the molecule is Cc1cc(C)nc(NNC(=O)[C@H]2CC(=O)N(c3cccc(Cl)c3)C2)n1. The number of hydrazine groups is 1. The fourth-order valence-electron chi connectivity index (χ4n) is 2.78. The molecule has 8 heteroatoms. The number of aryl methyl sites for hydroxylation is 2. The molecular formula is C17H18ClN5O2. The first-order valence-corrected chi connectivity index (χ1v) is 8.24. The number of hydrogen-bond acceptors (Lipinski definition) is 5. The van der Waals surface area contributed by atoms with E-state index in [4.69, 9.17) is 11.6 Å². The van der Waals surface area contributed by atoms with E-state index in [1.807, 2.05) is 19.9 Å². The Balaban J connectivity index is 1.62. The number of amides is 2. The van der Waals surface area contributed by atoms with Crippen LogP contribution in [0.1, 0.15) is 17.8 Å². The lowest BCUT2D eigenvalue weighted by Gasteiger charge is -2.17. The predicted octanol–water partition coefficient (Wildman–Crippen LogP) is 2.24. The van der Waals surface area contributed by atoms with Gasteiger partial charge in [0.25, 0.3) is 0 Å². The number of anilines is 2. The molecule has 1 aliphatic heterocycles. The van der Waals surface area contributed by atoms with Gasteiger partial charge in [0.1, 0.15) is 0 Å². The number of nitrogens with zero attached hydrogens (tertiary/aromatic N) is 3. The van der Waals surface area contributed by atoms with E-state index in [-0.39, 0.29) is 18.2 Å². The van der Waals surface area contributed by atoms with Crippen LogP contribution in [0.15, 0.2) is 30.3 Å². The highest BCUT2D eigenvalue weighted by atomic mass is 35.5. The molecule has 1 atom stereocenters. The maximum Gasteiger partial charge on any atom is 0.243 e. The minimum absolute atomic E-state index is 0.106. The quantitative estimate of drug-likeness (QED) is 0.817. The van der Waals surface area contributed by atoms with Gasteiger partial charge in [-0.2, -0.15) is 0 Å². The molecule has 1 fully saturated rings. The number of benzene rings is 1. The number of aromatic nitrogens is 2. The van der Waals surface area contributed by atoms with Gasteiger partial charge in [-0.05, 0) is 38.1 Å². The molecule has 3 rings (SSSR count). The third-order valence-electron chi connectivity index (χ3n) is 3.90. The van der Waals surface area contributed by atoms with E-state index < -0.39 is 5.92 Å². The van der Waals surface area contributed by atoms with Crippen molar-refractivity contribution in [2.75, 3.05) is 16.9 Å². The fourth-order valence-corrected chi connectivity index (χ4v) is 2.96. The minimum Gasteiger partial charge on any atom is -0.312 e. The zero-order valence-electron chi connectivity index (χ0n) is 13.9. The summed E-state index contributed by atoms with van der Waals surface area (Å²) in [4.78, 5) is 34.5. The number of nitrogens with one attached hydrogen (secondary N) is 2. The Morgan fingerprint density at radius 1 is 1.24 bits per heavy atom. The molecule has 2 amide bonds. The first kappa shape index (κ1) is 17.2. The monoisotopic (exact) mass is 359 g/mol. The Kier molecular flexibility index (Phi) is 4.85. The van der Waals surface area contributed by atoms with Crippen molar-refractivity contribution in [3.05, 3.63) is 46.7 Å². The molecule has 130 valence electrons. The minimum atomic E-state index is -0.454. The Hall–Kier alpha value is -2.67. The number of halogens is 1. The molecule has 0 spiro atoms. The zero-order chi connectivity index (χ0) is 18.0. The second-order valence-corrected chi connectivity index (χ2v) is 6.41. The van der Waals surface area contributed by atoms with Gasteiger partial charge in [0.05, 0.1) is 5.92 Å². The molecule has 0 bridgehead atoms. The van der Waals surface area contributed by atoms with Crippen LogP contribution in [0.2, 0.25) is 5.02 Å². The van der Waals surface area contributed by atoms with Crippen LogP contribution in [-0.4, -0.2) is 28.3 Å². The third-order valence-corrected chi connectivity index (χ3v) is 4.13. The molecule has 0 radical (unpaired) electrons. The van der Waals surface area contributed by atoms with Crippen molar-refractivity contribution in [3.63, 3.8) is 0 Å². The van der Waals surface area contributed by atoms with Gasteiger partial charge in [-0.1, -0.05) is 17.7 Å². The van der Waals surface area contributed by atoms with Crippen molar-refractivity contribution in [1.82, 2.24) is 15.4 Å². The molecule has 2 heterocycles. The van der Waals surface area contributed by atoms with E-state index in [1.54, 1.807) is 29.2 Å². The van der Waals surface area contributed by atoms with E-state index >= 15 is 0 Å². The highest BCUT2D eigenvalue weighted by Crippen LogP contribution is 2.27. The van der Waals surface area contributed by atoms with Gasteiger partial charge in [-0.3, -0.25) is 20.4 Å². The number of rotatable bonds is 4. The summed E-state index contributed by atoms with van der Waals surface area (Å²) in [6, 6.07) is 8.86. The van der Waals surface area contributed by atoms with Crippen LogP contribution in [0, 0.1) is 19.8 Å². The Morgan fingerprint density at radius 3 is 2.64 bits per heavy atom. The molecular weight excluding hydrogens is 342 g/mol. The topological polar surface area (TPSA) is 87.2 Å². The van der Waals surface area contributed by atoms with Gasteiger partial charge < -0.3 is 4.90 Å². The van der Waals surface area contributed by atoms with Crippen LogP contribution in [0.4, 0.5) is 11.6 Å². The first-order valence-electron chi connectivity index (χ1n) is 7.86. The molecule has 1 aromatic carbocycles. The summed E-state index contributed by atoms with van der Waals surface area (Å²) in [5.74, 6) is -0.516. The molecule has 0 aliphatic carbocycles. The second-order valence-electron chi connectivity index (χ2n) is 5.97. The van der Waals surface area contributed by atoms with E-state index in [9.17, 15) is 9.59 Å². The smallest absolute Gasteiger partial charge is 0.243 e. The molecule has 1 aliphatic rings. The van der Waals surface area contributed by atoms with Crippen molar-refractivity contribution in [1.29, 1.82) is 0 Å². The van der Waals surface area contributed by atoms with Crippen LogP contribution in [0.3, 0.4) is 0 Å². The summed E-state index contributed by atoms with van der Waals surface area (Å²) in [6.45, 7) is 4.00. The molecule has 1 aromatic heterocycles. The van der Waals surface area contributed by atoms with Crippen LogP contribution >= 0.6 is 11.6 Å². The highest BCUT2D eigenvalue weighted by Gasteiger charge is 2.35. The Labute approximate surface area is 150 Å². The normalized spacial score (nSPS) is 16.8. The third kappa shape index (κ3) is 4.06. The summed E-state index contributed by atoms with van der Waals surface area (Å²) >= 11 is 5.97. The zero-order valence-corrected chi connectivity index (χ0v) is 14.7. The average molecular weight is 360 g/mol. The van der Waals surface area contributed by atoms with E-state index in [2.05, 4.69) is 20.8 Å². The van der Waals surface area contributed by atoms with Crippen molar-refractivity contribution >= 4 is 35.1 Å². The van der Waals surface area contributed by atoms with Gasteiger partial charge in [0.2, 0.25) is 17.8 Å². The predicted molar refractivity (Wildman–Crippen MR) is 95.2 cm³/mol.